The van der Waals surface area contributed by atoms with Gasteiger partial charge in [0.25, 0.3) is 5.91 Å². The first-order valence-electron chi connectivity index (χ1n) is 8.57. The van der Waals surface area contributed by atoms with Gasteiger partial charge in [-0.2, -0.15) is 0 Å². The minimum Gasteiger partial charge on any atom is -0.439 e. The van der Waals surface area contributed by atoms with Crippen molar-refractivity contribution in [1.82, 2.24) is 15.0 Å². The molecule has 0 atom stereocenters. The number of sulfonamides is 1. The molecule has 0 fully saturated rings. The molecule has 0 aliphatic heterocycles. The van der Waals surface area contributed by atoms with Crippen LogP contribution < -0.4 is 14.8 Å². The maximum atomic E-state index is 13.2. The quantitative estimate of drug-likeness (QED) is 0.619. The zero-order valence-corrected chi connectivity index (χ0v) is 16.2. The molecule has 1 amide bonds. The van der Waals surface area contributed by atoms with E-state index >= 15 is 0 Å². The number of hydrogen-bond donors (Lipinski definition) is 2. The maximum Gasteiger partial charge on any atom is 0.251 e. The average molecular weight is 415 g/mol. The van der Waals surface area contributed by atoms with Gasteiger partial charge in [-0.15, -0.1) is 0 Å². The highest BCUT2D eigenvalue weighted by Gasteiger charge is 2.14. The number of hydrogen-bond acceptors (Lipinski definition) is 5. The number of amides is 1. The number of ether oxygens (including phenoxy) is 1. The lowest BCUT2D eigenvalue weighted by atomic mass is 10.2. The Morgan fingerprint density at radius 1 is 1.10 bits per heavy atom. The summed E-state index contributed by atoms with van der Waals surface area (Å²) in [5.74, 6) is -0.149. The Kier molecular flexibility index (Phi) is 6.20. The Morgan fingerprint density at radius 3 is 2.48 bits per heavy atom. The molecule has 0 saturated heterocycles. The first-order chi connectivity index (χ1) is 13.9. The molecular weight excluding hydrogens is 397 g/mol. The molecule has 9 heteroatoms. The Hall–Kier alpha value is -3.30. The Balaban J connectivity index is 1.62. The van der Waals surface area contributed by atoms with Crippen LogP contribution in [0.25, 0.3) is 0 Å². The van der Waals surface area contributed by atoms with Gasteiger partial charge in [-0.05, 0) is 42.0 Å². The van der Waals surface area contributed by atoms with Crippen LogP contribution in [-0.4, -0.2) is 26.4 Å². The largest absolute Gasteiger partial charge is 0.439 e. The van der Waals surface area contributed by atoms with Gasteiger partial charge in [0.15, 0.2) is 0 Å². The van der Waals surface area contributed by atoms with Crippen molar-refractivity contribution in [3.05, 3.63) is 83.8 Å². The molecule has 0 radical (unpaired) electrons. The summed E-state index contributed by atoms with van der Waals surface area (Å²) in [4.78, 5) is 15.7. The van der Waals surface area contributed by atoms with Crippen molar-refractivity contribution in [3.63, 3.8) is 0 Å². The van der Waals surface area contributed by atoms with E-state index in [9.17, 15) is 17.6 Å². The molecule has 3 rings (SSSR count). The van der Waals surface area contributed by atoms with Gasteiger partial charge in [0, 0.05) is 37.5 Å². The number of nitrogens with zero attached hydrogens (tertiary/aromatic N) is 1. The molecule has 7 nitrogen and oxygen atoms in total. The van der Waals surface area contributed by atoms with E-state index in [0.717, 1.165) is 0 Å². The molecule has 0 aliphatic carbocycles. The van der Waals surface area contributed by atoms with Crippen molar-refractivity contribution in [1.29, 1.82) is 0 Å². The van der Waals surface area contributed by atoms with E-state index in [-0.39, 0.29) is 23.2 Å². The third kappa shape index (κ3) is 5.37. The van der Waals surface area contributed by atoms with Gasteiger partial charge < -0.3 is 10.1 Å². The second kappa shape index (κ2) is 8.80. The lowest BCUT2D eigenvalue weighted by molar-refractivity contribution is 0.0963. The van der Waals surface area contributed by atoms with Crippen LogP contribution in [-0.2, 0) is 16.6 Å². The van der Waals surface area contributed by atoms with Crippen molar-refractivity contribution in [2.75, 3.05) is 7.05 Å². The standard InChI is InChI=1S/C20H18FN3O4S/c1-22-20(25)15-6-8-18(9-7-15)29(26,27)24-13-14-5-10-19(23-12-14)28-17-4-2-3-16(21)11-17/h2-12,24H,13H2,1H3,(H,22,25). The minimum absolute atomic E-state index is 0.0206. The van der Waals surface area contributed by atoms with Crippen molar-refractivity contribution in [2.45, 2.75) is 11.4 Å². The van der Waals surface area contributed by atoms with E-state index in [2.05, 4.69) is 15.0 Å². The Morgan fingerprint density at radius 2 is 1.86 bits per heavy atom. The second-order valence-corrected chi connectivity index (χ2v) is 7.76. The summed E-state index contributed by atoms with van der Waals surface area (Å²) in [5.41, 5.74) is 0.978. The highest BCUT2D eigenvalue weighted by molar-refractivity contribution is 7.89. The summed E-state index contributed by atoms with van der Waals surface area (Å²) >= 11 is 0. The van der Waals surface area contributed by atoms with Crippen LogP contribution >= 0.6 is 0 Å². The molecule has 1 heterocycles. The van der Waals surface area contributed by atoms with Gasteiger partial charge in [0.05, 0.1) is 4.90 Å². The summed E-state index contributed by atoms with van der Waals surface area (Å²) in [6.45, 7) is 0.0206. The van der Waals surface area contributed by atoms with Gasteiger partial charge in [0.1, 0.15) is 11.6 Å². The number of halogens is 1. The topological polar surface area (TPSA) is 97.4 Å². The summed E-state index contributed by atoms with van der Waals surface area (Å²) in [6.07, 6.45) is 1.46. The number of rotatable bonds is 7. The van der Waals surface area contributed by atoms with Crippen molar-refractivity contribution >= 4 is 15.9 Å². The molecule has 3 aromatic rings. The fourth-order valence-electron chi connectivity index (χ4n) is 2.42. The van der Waals surface area contributed by atoms with Crippen LogP contribution in [0.2, 0.25) is 0 Å². The number of carbonyl (C=O) groups excluding carboxylic acids is 1. The minimum atomic E-state index is -3.75. The van der Waals surface area contributed by atoms with Crippen LogP contribution in [0.15, 0.2) is 71.8 Å². The van der Waals surface area contributed by atoms with Gasteiger partial charge in [-0.1, -0.05) is 12.1 Å². The predicted octanol–water partition coefficient (Wildman–Crippen LogP) is 2.85. The highest BCUT2D eigenvalue weighted by Crippen LogP contribution is 2.20. The van der Waals surface area contributed by atoms with Gasteiger partial charge >= 0.3 is 0 Å². The van der Waals surface area contributed by atoms with Gasteiger partial charge in [-0.3, -0.25) is 4.79 Å². The van der Waals surface area contributed by atoms with Crippen LogP contribution in [0.5, 0.6) is 11.6 Å². The number of pyridine rings is 1. The predicted molar refractivity (Wildman–Crippen MR) is 105 cm³/mol. The Bertz CT molecular complexity index is 1100. The number of nitrogens with one attached hydrogen (secondary N) is 2. The smallest absolute Gasteiger partial charge is 0.251 e. The van der Waals surface area contributed by atoms with Crippen molar-refractivity contribution in [3.8, 4) is 11.6 Å². The molecule has 1 aromatic heterocycles. The van der Waals surface area contributed by atoms with Crippen molar-refractivity contribution < 1.29 is 22.3 Å². The molecule has 2 N–H and O–H groups in total. The van der Waals surface area contributed by atoms with E-state index in [4.69, 9.17) is 4.74 Å². The zero-order chi connectivity index (χ0) is 20.9. The van der Waals surface area contributed by atoms with Crippen LogP contribution in [0.1, 0.15) is 15.9 Å². The van der Waals surface area contributed by atoms with E-state index in [0.29, 0.717) is 16.9 Å². The van der Waals surface area contributed by atoms with Crippen LogP contribution in [0.3, 0.4) is 0 Å². The molecule has 0 saturated carbocycles. The monoisotopic (exact) mass is 415 g/mol. The first-order valence-corrected chi connectivity index (χ1v) is 10.1. The highest BCUT2D eigenvalue weighted by atomic mass is 32.2. The van der Waals surface area contributed by atoms with E-state index < -0.39 is 15.8 Å². The number of benzene rings is 2. The molecular formula is C20H18FN3O4S. The SMILES string of the molecule is CNC(=O)c1ccc(S(=O)(=O)NCc2ccc(Oc3cccc(F)c3)nc2)cc1. The average Bonchev–Trinajstić information content (AvgIpc) is 2.73. The molecule has 2 aromatic carbocycles. The zero-order valence-electron chi connectivity index (χ0n) is 15.4. The van der Waals surface area contributed by atoms with Crippen LogP contribution in [0.4, 0.5) is 4.39 Å². The summed E-state index contributed by atoms with van der Waals surface area (Å²) in [5, 5.41) is 2.47. The maximum absolute atomic E-state index is 13.2. The Labute approximate surface area is 167 Å². The fourth-order valence-corrected chi connectivity index (χ4v) is 3.44. The lowest BCUT2D eigenvalue weighted by Gasteiger charge is -2.09. The number of aromatic nitrogens is 1. The van der Waals surface area contributed by atoms with E-state index in [1.807, 2.05) is 0 Å². The summed E-state index contributed by atoms with van der Waals surface area (Å²) in [7, 11) is -2.26. The van der Waals surface area contributed by atoms with Gasteiger partial charge in [0.2, 0.25) is 15.9 Å². The van der Waals surface area contributed by atoms with Crippen molar-refractivity contribution in [2.24, 2.45) is 0 Å². The summed E-state index contributed by atoms with van der Waals surface area (Å²) in [6, 6.07) is 14.5. The fraction of sp³-hybridized carbons (Fsp3) is 0.100. The number of carbonyl (C=O) groups is 1. The molecule has 0 bridgehead atoms. The molecule has 29 heavy (non-hydrogen) atoms. The van der Waals surface area contributed by atoms with E-state index in [1.54, 1.807) is 18.2 Å². The first kappa shape index (κ1) is 20.4. The third-order valence-electron chi connectivity index (χ3n) is 3.94. The third-order valence-corrected chi connectivity index (χ3v) is 5.35. The molecule has 0 spiro atoms. The van der Waals surface area contributed by atoms with Gasteiger partial charge in [-0.25, -0.2) is 22.5 Å². The normalized spacial score (nSPS) is 11.1. The second-order valence-electron chi connectivity index (χ2n) is 5.99. The van der Waals surface area contributed by atoms with E-state index in [1.165, 1.54) is 55.7 Å². The molecule has 0 aliphatic rings. The summed E-state index contributed by atoms with van der Waals surface area (Å²) < 4.78 is 45.9. The molecule has 0 unspecified atom stereocenters. The van der Waals surface area contributed by atoms with Crippen LogP contribution in [0, 0.1) is 5.82 Å². The lowest BCUT2D eigenvalue weighted by Crippen LogP contribution is -2.23. The molecule has 150 valence electrons.